The number of nitrogens with zero attached hydrogens (tertiary/aromatic N) is 1. The van der Waals surface area contributed by atoms with Crippen molar-refractivity contribution in [2.24, 2.45) is 5.41 Å². The molecule has 0 bridgehead atoms. The van der Waals surface area contributed by atoms with Crippen molar-refractivity contribution in [3.8, 4) is 0 Å². The summed E-state index contributed by atoms with van der Waals surface area (Å²) in [6, 6.07) is -0.169. The monoisotopic (exact) mass is 263 g/mol. The van der Waals surface area contributed by atoms with E-state index in [2.05, 4.69) is 10.0 Å². The first-order valence-electron chi connectivity index (χ1n) is 6.00. The summed E-state index contributed by atoms with van der Waals surface area (Å²) < 4.78 is 28.3. The Morgan fingerprint density at radius 3 is 2.41 bits per heavy atom. The lowest BCUT2D eigenvalue weighted by molar-refractivity contribution is -0.0649. The van der Waals surface area contributed by atoms with Crippen LogP contribution in [0.3, 0.4) is 0 Å². The third-order valence-corrected chi connectivity index (χ3v) is 5.55. The van der Waals surface area contributed by atoms with Crippen LogP contribution in [0.5, 0.6) is 0 Å². The SMILES string of the molecule is CC1(C)C(O)CC1NS(=O)(=O)N1CCNCC1. The zero-order valence-electron chi connectivity index (χ0n) is 10.3. The summed E-state index contributed by atoms with van der Waals surface area (Å²) in [6.45, 7) is 6.16. The fourth-order valence-electron chi connectivity index (χ4n) is 2.24. The molecular formula is C10H21N3O3S. The summed E-state index contributed by atoms with van der Waals surface area (Å²) in [5, 5.41) is 12.7. The minimum absolute atomic E-state index is 0.169. The highest BCUT2D eigenvalue weighted by Crippen LogP contribution is 2.40. The van der Waals surface area contributed by atoms with Crippen LogP contribution < -0.4 is 10.0 Å². The lowest BCUT2D eigenvalue weighted by atomic mass is 9.65. The minimum atomic E-state index is -3.41. The molecule has 0 aromatic rings. The zero-order valence-corrected chi connectivity index (χ0v) is 11.1. The Balaban J connectivity index is 1.98. The molecule has 17 heavy (non-hydrogen) atoms. The average Bonchev–Trinajstić information content (AvgIpc) is 2.30. The van der Waals surface area contributed by atoms with Gasteiger partial charge in [-0.1, -0.05) is 13.8 Å². The minimum Gasteiger partial charge on any atom is -0.392 e. The molecule has 2 atom stereocenters. The first-order valence-corrected chi connectivity index (χ1v) is 7.44. The molecule has 1 saturated heterocycles. The maximum atomic E-state index is 12.1. The van der Waals surface area contributed by atoms with Gasteiger partial charge in [0.15, 0.2) is 0 Å². The molecule has 0 spiro atoms. The average molecular weight is 263 g/mol. The fourth-order valence-corrected chi connectivity index (χ4v) is 3.81. The first-order chi connectivity index (χ1) is 7.84. The number of hydrogen-bond acceptors (Lipinski definition) is 4. The van der Waals surface area contributed by atoms with Crippen molar-refractivity contribution in [3.63, 3.8) is 0 Å². The molecule has 6 nitrogen and oxygen atoms in total. The van der Waals surface area contributed by atoms with Gasteiger partial charge < -0.3 is 10.4 Å². The second-order valence-electron chi connectivity index (χ2n) is 5.40. The quantitative estimate of drug-likeness (QED) is 0.603. The van der Waals surface area contributed by atoms with E-state index in [0.717, 1.165) is 0 Å². The number of rotatable bonds is 3. The van der Waals surface area contributed by atoms with E-state index < -0.39 is 16.3 Å². The van der Waals surface area contributed by atoms with E-state index in [1.807, 2.05) is 13.8 Å². The summed E-state index contributed by atoms with van der Waals surface area (Å²) in [5.74, 6) is 0. The summed E-state index contributed by atoms with van der Waals surface area (Å²) in [6.07, 6.45) is 0.0800. The zero-order chi connectivity index (χ0) is 12.7. The Kier molecular flexibility index (Phi) is 3.48. The van der Waals surface area contributed by atoms with E-state index in [1.54, 1.807) is 0 Å². The van der Waals surface area contributed by atoms with Crippen molar-refractivity contribution in [2.75, 3.05) is 26.2 Å². The molecule has 1 aliphatic heterocycles. The van der Waals surface area contributed by atoms with Crippen molar-refractivity contribution in [2.45, 2.75) is 32.4 Å². The standard InChI is InChI=1S/C10H21N3O3S/c1-10(2)8(7-9(10)14)12-17(15,16)13-5-3-11-4-6-13/h8-9,11-12,14H,3-7H2,1-2H3. The van der Waals surface area contributed by atoms with E-state index in [0.29, 0.717) is 32.6 Å². The summed E-state index contributed by atoms with van der Waals surface area (Å²) >= 11 is 0. The Hall–Kier alpha value is -0.210. The second-order valence-corrected chi connectivity index (χ2v) is 7.10. The third-order valence-electron chi connectivity index (χ3n) is 3.92. The van der Waals surface area contributed by atoms with E-state index >= 15 is 0 Å². The number of aliphatic hydroxyl groups is 1. The lowest BCUT2D eigenvalue weighted by Crippen LogP contribution is -2.63. The van der Waals surface area contributed by atoms with E-state index in [9.17, 15) is 13.5 Å². The fraction of sp³-hybridized carbons (Fsp3) is 1.00. The smallest absolute Gasteiger partial charge is 0.279 e. The third kappa shape index (κ3) is 2.48. The van der Waals surface area contributed by atoms with Crippen molar-refractivity contribution >= 4 is 10.2 Å². The van der Waals surface area contributed by atoms with Gasteiger partial charge in [-0.15, -0.1) is 0 Å². The molecule has 0 aromatic heterocycles. The molecule has 2 rings (SSSR count). The Morgan fingerprint density at radius 1 is 1.35 bits per heavy atom. The van der Waals surface area contributed by atoms with Gasteiger partial charge in [0, 0.05) is 37.6 Å². The highest BCUT2D eigenvalue weighted by molar-refractivity contribution is 7.87. The van der Waals surface area contributed by atoms with Crippen LogP contribution in [0, 0.1) is 5.41 Å². The second kappa shape index (κ2) is 4.47. The maximum Gasteiger partial charge on any atom is 0.279 e. The predicted octanol–water partition coefficient (Wildman–Crippen LogP) is -1.11. The molecule has 0 amide bonds. The Morgan fingerprint density at radius 2 is 1.94 bits per heavy atom. The van der Waals surface area contributed by atoms with E-state index in [4.69, 9.17) is 0 Å². The molecule has 1 saturated carbocycles. The molecule has 2 aliphatic rings. The van der Waals surface area contributed by atoms with Crippen LogP contribution in [0.25, 0.3) is 0 Å². The molecular weight excluding hydrogens is 242 g/mol. The molecule has 2 fully saturated rings. The molecule has 100 valence electrons. The molecule has 1 aliphatic carbocycles. The van der Waals surface area contributed by atoms with E-state index in [-0.39, 0.29) is 11.5 Å². The summed E-state index contributed by atoms with van der Waals surface area (Å²) in [4.78, 5) is 0. The van der Waals surface area contributed by atoms with Crippen LogP contribution in [0.4, 0.5) is 0 Å². The van der Waals surface area contributed by atoms with Crippen LogP contribution in [0.2, 0.25) is 0 Å². The van der Waals surface area contributed by atoms with Crippen molar-refractivity contribution < 1.29 is 13.5 Å². The van der Waals surface area contributed by atoms with E-state index in [1.165, 1.54) is 4.31 Å². The Labute approximate surface area is 103 Å². The first kappa shape index (κ1) is 13.2. The van der Waals surface area contributed by atoms with Gasteiger partial charge in [-0.3, -0.25) is 0 Å². The van der Waals surface area contributed by atoms with Crippen LogP contribution in [-0.2, 0) is 10.2 Å². The van der Waals surface area contributed by atoms with Gasteiger partial charge >= 0.3 is 0 Å². The molecule has 3 N–H and O–H groups in total. The highest BCUT2D eigenvalue weighted by Gasteiger charge is 2.49. The van der Waals surface area contributed by atoms with Crippen LogP contribution >= 0.6 is 0 Å². The van der Waals surface area contributed by atoms with Crippen LogP contribution in [0.1, 0.15) is 20.3 Å². The van der Waals surface area contributed by atoms with Crippen molar-refractivity contribution in [1.82, 2.24) is 14.3 Å². The maximum absolute atomic E-state index is 12.1. The Bertz CT molecular complexity index is 376. The summed E-state index contributed by atoms with van der Waals surface area (Å²) in [7, 11) is -3.41. The lowest BCUT2D eigenvalue weighted by Gasteiger charge is -2.49. The van der Waals surface area contributed by atoms with Crippen LogP contribution in [-0.4, -0.2) is 56.2 Å². The van der Waals surface area contributed by atoms with Gasteiger partial charge in [0.2, 0.25) is 0 Å². The molecule has 2 unspecified atom stereocenters. The number of piperazine rings is 1. The van der Waals surface area contributed by atoms with Gasteiger partial charge in [-0.25, -0.2) is 0 Å². The number of nitrogens with one attached hydrogen (secondary N) is 2. The van der Waals surface area contributed by atoms with Gasteiger partial charge in [0.05, 0.1) is 6.10 Å². The number of hydrogen-bond donors (Lipinski definition) is 3. The topological polar surface area (TPSA) is 81.7 Å². The van der Waals surface area contributed by atoms with Gasteiger partial charge in [0.1, 0.15) is 0 Å². The molecule has 1 heterocycles. The van der Waals surface area contributed by atoms with Gasteiger partial charge in [0.25, 0.3) is 10.2 Å². The molecule has 7 heteroatoms. The van der Waals surface area contributed by atoms with Crippen LogP contribution in [0.15, 0.2) is 0 Å². The molecule has 0 radical (unpaired) electrons. The van der Waals surface area contributed by atoms with Crippen molar-refractivity contribution in [3.05, 3.63) is 0 Å². The normalized spacial score (nSPS) is 34.3. The van der Waals surface area contributed by atoms with Gasteiger partial charge in [-0.2, -0.15) is 17.4 Å². The number of aliphatic hydroxyl groups excluding tert-OH is 1. The molecule has 0 aromatic carbocycles. The van der Waals surface area contributed by atoms with Gasteiger partial charge in [-0.05, 0) is 6.42 Å². The summed E-state index contributed by atoms with van der Waals surface area (Å²) in [5.41, 5.74) is -0.374. The largest absolute Gasteiger partial charge is 0.392 e. The highest BCUT2D eigenvalue weighted by atomic mass is 32.2. The predicted molar refractivity (Wildman–Crippen MR) is 64.7 cm³/mol. The van der Waals surface area contributed by atoms with Crippen molar-refractivity contribution in [1.29, 1.82) is 0 Å².